The average molecular weight is 349 g/mol. The number of hydrogen-bond acceptors (Lipinski definition) is 4. The Hall–Kier alpha value is -2.95. The first-order valence-electron chi connectivity index (χ1n) is 8.85. The van der Waals surface area contributed by atoms with Crippen LogP contribution in [0.3, 0.4) is 0 Å². The van der Waals surface area contributed by atoms with E-state index >= 15 is 0 Å². The Balaban J connectivity index is 1.63. The van der Waals surface area contributed by atoms with Gasteiger partial charge in [-0.1, -0.05) is 54.5 Å². The molecule has 0 fully saturated rings. The van der Waals surface area contributed by atoms with Crippen molar-refractivity contribution in [3.63, 3.8) is 0 Å². The second kappa shape index (κ2) is 7.95. The quantitative estimate of drug-likeness (QED) is 0.712. The average Bonchev–Trinajstić information content (AvgIpc) is 3.11. The zero-order valence-electron chi connectivity index (χ0n) is 15.4. The van der Waals surface area contributed by atoms with Gasteiger partial charge in [0.05, 0.1) is 0 Å². The maximum Gasteiger partial charge on any atom is 0.227 e. The van der Waals surface area contributed by atoms with Crippen LogP contribution in [0.2, 0.25) is 0 Å². The third-order valence-corrected chi connectivity index (χ3v) is 4.42. The number of amides is 1. The number of carbonyl (C=O) groups is 1. The topological polar surface area (TPSA) is 68.0 Å². The molecule has 0 aliphatic carbocycles. The molecule has 0 saturated heterocycles. The van der Waals surface area contributed by atoms with Gasteiger partial charge >= 0.3 is 0 Å². The predicted molar refractivity (Wildman–Crippen MR) is 102 cm³/mol. The summed E-state index contributed by atoms with van der Waals surface area (Å²) in [4.78, 5) is 16.7. The number of nitrogens with one attached hydrogen (secondary N) is 1. The Morgan fingerprint density at radius 2 is 1.85 bits per heavy atom. The van der Waals surface area contributed by atoms with Gasteiger partial charge in [-0.3, -0.25) is 4.79 Å². The summed E-state index contributed by atoms with van der Waals surface area (Å²) in [6, 6.07) is 13.9. The molecule has 0 radical (unpaired) electrons. The maximum absolute atomic E-state index is 12.3. The molecule has 1 amide bonds. The minimum Gasteiger partial charge on any atom is -0.339 e. The summed E-state index contributed by atoms with van der Waals surface area (Å²) >= 11 is 0. The number of hydrogen-bond donors (Lipinski definition) is 1. The van der Waals surface area contributed by atoms with Crippen LogP contribution < -0.4 is 5.32 Å². The van der Waals surface area contributed by atoms with Crippen LogP contribution in [0.4, 0.5) is 5.69 Å². The molecule has 5 heteroatoms. The van der Waals surface area contributed by atoms with Gasteiger partial charge in [0.2, 0.25) is 17.6 Å². The van der Waals surface area contributed by atoms with Gasteiger partial charge < -0.3 is 9.84 Å². The largest absolute Gasteiger partial charge is 0.339 e. The standard InChI is InChI=1S/C21H23N3O2/c1-4-16-10-7-9-15(3)20(16)22-18(25)12-13-19-23-21(24-26-19)17-11-6-5-8-14(17)2/h5-11H,4,12-13H2,1-3H3,(H,22,25). The Bertz CT molecular complexity index is 915. The van der Waals surface area contributed by atoms with Crippen LogP contribution in [0.1, 0.15) is 35.9 Å². The van der Waals surface area contributed by atoms with E-state index in [4.69, 9.17) is 4.52 Å². The van der Waals surface area contributed by atoms with E-state index in [1.807, 2.05) is 56.3 Å². The Kier molecular flexibility index (Phi) is 5.46. The van der Waals surface area contributed by atoms with Gasteiger partial charge in [-0.2, -0.15) is 4.98 Å². The fraction of sp³-hybridized carbons (Fsp3) is 0.286. The third kappa shape index (κ3) is 3.99. The van der Waals surface area contributed by atoms with E-state index < -0.39 is 0 Å². The zero-order chi connectivity index (χ0) is 18.5. The summed E-state index contributed by atoms with van der Waals surface area (Å²) in [6.07, 6.45) is 1.59. The third-order valence-electron chi connectivity index (χ3n) is 4.42. The predicted octanol–water partition coefficient (Wildman–Crippen LogP) is 4.49. The molecule has 0 bridgehead atoms. The van der Waals surface area contributed by atoms with Crippen molar-refractivity contribution in [2.75, 3.05) is 5.32 Å². The van der Waals surface area contributed by atoms with Crippen LogP contribution in [0.15, 0.2) is 47.0 Å². The van der Waals surface area contributed by atoms with E-state index in [-0.39, 0.29) is 5.91 Å². The second-order valence-electron chi connectivity index (χ2n) is 6.34. The van der Waals surface area contributed by atoms with Crippen molar-refractivity contribution in [1.29, 1.82) is 0 Å². The van der Waals surface area contributed by atoms with Crippen molar-refractivity contribution in [2.24, 2.45) is 0 Å². The van der Waals surface area contributed by atoms with Crippen LogP contribution in [0.5, 0.6) is 0 Å². The van der Waals surface area contributed by atoms with Crippen LogP contribution >= 0.6 is 0 Å². The van der Waals surface area contributed by atoms with Crippen molar-refractivity contribution in [1.82, 2.24) is 10.1 Å². The van der Waals surface area contributed by atoms with E-state index in [1.165, 1.54) is 0 Å². The number of carbonyl (C=O) groups excluding carboxylic acids is 1. The highest BCUT2D eigenvalue weighted by Crippen LogP contribution is 2.22. The SMILES string of the molecule is CCc1cccc(C)c1NC(=O)CCc1nc(-c2ccccc2C)no1. The van der Waals surface area contributed by atoms with Crippen LogP contribution in [0.25, 0.3) is 11.4 Å². The molecule has 3 rings (SSSR count). The summed E-state index contributed by atoms with van der Waals surface area (Å²) < 4.78 is 5.30. The number of benzene rings is 2. The molecule has 0 atom stereocenters. The Labute approximate surface area is 153 Å². The summed E-state index contributed by atoms with van der Waals surface area (Å²) in [7, 11) is 0. The van der Waals surface area contributed by atoms with Gasteiger partial charge in [0.25, 0.3) is 0 Å². The van der Waals surface area contributed by atoms with Gasteiger partial charge in [0.1, 0.15) is 0 Å². The highest BCUT2D eigenvalue weighted by molar-refractivity contribution is 5.92. The molecule has 0 aliphatic heterocycles. The van der Waals surface area contributed by atoms with Gasteiger partial charge in [-0.25, -0.2) is 0 Å². The molecule has 2 aromatic carbocycles. The van der Waals surface area contributed by atoms with E-state index in [0.29, 0.717) is 24.6 Å². The number of aryl methyl sites for hydroxylation is 4. The van der Waals surface area contributed by atoms with Crippen molar-refractivity contribution in [3.8, 4) is 11.4 Å². The Morgan fingerprint density at radius 1 is 1.08 bits per heavy atom. The smallest absolute Gasteiger partial charge is 0.227 e. The highest BCUT2D eigenvalue weighted by Gasteiger charge is 2.13. The molecule has 1 N–H and O–H groups in total. The maximum atomic E-state index is 12.3. The van der Waals surface area contributed by atoms with Gasteiger partial charge in [-0.15, -0.1) is 0 Å². The lowest BCUT2D eigenvalue weighted by Gasteiger charge is -2.12. The molecule has 1 aromatic heterocycles. The molecular weight excluding hydrogens is 326 g/mol. The summed E-state index contributed by atoms with van der Waals surface area (Å²) in [5, 5.41) is 7.05. The van der Waals surface area contributed by atoms with E-state index in [9.17, 15) is 4.79 Å². The van der Waals surface area contributed by atoms with Crippen molar-refractivity contribution in [2.45, 2.75) is 40.0 Å². The van der Waals surface area contributed by atoms with Gasteiger partial charge in [-0.05, 0) is 37.0 Å². The van der Waals surface area contributed by atoms with Crippen LogP contribution in [-0.4, -0.2) is 16.0 Å². The van der Waals surface area contributed by atoms with Crippen molar-refractivity contribution >= 4 is 11.6 Å². The normalized spacial score (nSPS) is 10.7. The molecular formula is C21H23N3O2. The molecule has 3 aromatic rings. The molecule has 0 aliphatic rings. The highest BCUT2D eigenvalue weighted by atomic mass is 16.5. The Morgan fingerprint density at radius 3 is 2.62 bits per heavy atom. The fourth-order valence-electron chi connectivity index (χ4n) is 2.91. The van der Waals surface area contributed by atoms with E-state index in [2.05, 4.69) is 22.4 Å². The minimum atomic E-state index is -0.0513. The van der Waals surface area contributed by atoms with Crippen LogP contribution in [0, 0.1) is 13.8 Å². The molecule has 0 spiro atoms. The molecule has 26 heavy (non-hydrogen) atoms. The van der Waals surface area contributed by atoms with E-state index in [1.54, 1.807) is 0 Å². The fourth-order valence-corrected chi connectivity index (χ4v) is 2.91. The molecule has 1 heterocycles. The molecule has 5 nitrogen and oxygen atoms in total. The first kappa shape index (κ1) is 17.9. The first-order valence-corrected chi connectivity index (χ1v) is 8.85. The summed E-state index contributed by atoms with van der Waals surface area (Å²) in [5.41, 5.74) is 5.14. The summed E-state index contributed by atoms with van der Waals surface area (Å²) in [5.74, 6) is 0.981. The number of para-hydroxylation sites is 1. The second-order valence-corrected chi connectivity index (χ2v) is 6.34. The lowest BCUT2D eigenvalue weighted by molar-refractivity contribution is -0.116. The van der Waals surface area contributed by atoms with Crippen molar-refractivity contribution < 1.29 is 9.32 Å². The number of aromatic nitrogens is 2. The van der Waals surface area contributed by atoms with Gasteiger partial charge in [0, 0.05) is 24.1 Å². The van der Waals surface area contributed by atoms with Crippen molar-refractivity contribution in [3.05, 3.63) is 65.0 Å². The monoisotopic (exact) mass is 349 g/mol. The molecule has 0 saturated carbocycles. The van der Waals surface area contributed by atoms with Gasteiger partial charge in [0.15, 0.2) is 0 Å². The number of anilines is 1. The number of nitrogens with zero attached hydrogens (tertiary/aromatic N) is 2. The molecule has 0 unspecified atom stereocenters. The minimum absolute atomic E-state index is 0.0513. The summed E-state index contributed by atoms with van der Waals surface area (Å²) in [6.45, 7) is 6.09. The molecule has 134 valence electrons. The zero-order valence-corrected chi connectivity index (χ0v) is 15.4. The lowest BCUT2D eigenvalue weighted by atomic mass is 10.1. The van der Waals surface area contributed by atoms with E-state index in [0.717, 1.165) is 34.4 Å². The van der Waals surface area contributed by atoms with Crippen LogP contribution in [-0.2, 0) is 17.6 Å². The number of rotatable bonds is 6. The first-order chi connectivity index (χ1) is 12.6. The lowest BCUT2D eigenvalue weighted by Crippen LogP contribution is -2.14.